The summed E-state index contributed by atoms with van der Waals surface area (Å²) in [6.07, 6.45) is 2.25. The van der Waals surface area contributed by atoms with E-state index in [1.165, 1.54) is 19.5 Å². The van der Waals surface area contributed by atoms with E-state index in [1.54, 1.807) is 6.07 Å². The molecule has 0 radical (unpaired) electrons. The van der Waals surface area contributed by atoms with Crippen LogP contribution in [0.4, 0.5) is 0 Å². The monoisotopic (exact) mass is 314 g/mol. The molecule has 0 aliphatic carbocycles. The molecule has 1 saturated heterocycles. The van der Waals surface area contributed by atoms with Gasteiger partial charge >= 0.3 is 0 Å². The lowest BCUT2D eigenvalue weighted by atomic mass is 9.91. The van der Waals surface area contributed by atoms with Crippen LogP contribution >= 0.6 is 23.2 Å². The van der Waals surface area contributed by atoms with Gasteiger partial charge in [-0.15, -0.1) is 0 Å². The number of rotatable bonds is 4. The number of nitrogens with two attached hydrogens (primary N) is 1. The van der Waals surface area contributed by atoms with Crippen molar-refractivity contribution in [2.75, 3.05) is 19.6 Å². The minimum Gasteiger partial charge on any atom is -0.324 e. The average molecular weight is 315 g/mol. The van der Waals surface area contributed by atoms with E-state index >= 15 is 0 Å². The predicted molar refractivity (Wildman–Crippen MR) is 87.4 cm³/mol. The number of halogens is 2. The lowest BCUT2D eigenvalue weighted by Crippen LogP contribution is -2.39. The van der Waals surface area contributed by atoms with E-state index in [1.807, 2.05) is 12.1 Å². The van der Waals surface area contributed by atoms with Crippen molar-refractivity contribution in [2.24, 2.45) is 17.6 Å². The SMILES string of the molecule is CC1CC(C)CN(CCC(N)c2cccc(Cl)c2Cl)C1. The van der Waals surface area contributed by atoms with Gasteiger partial charge < -0.3 is 10.6 Å². The normalized spacial score (nSPS) is 25.6. The van der Waals surface area contributed by atoms with E-state index in [0.29, 0.717) is 10.0 Å². The van der Waals surface area contributed by atoms with Gasteiger partial charge in [-0.05, 0) is 42.9 Å². The van der Waals surface area contributed by atoms with Gasteiger partial charge in [-0.3, -0.25) is 0 Å². The average Bonchev–Trinajstić information content (AvgIpc) is 2.38. The fraction of sp³-hybridized carbons (Fsp3) is 0.625. The smallest absolute Gasteiger partial charge is 0.0640 e. The Kier molecular flexibility index (Phi) is 5.74. The Balaban J connectivity index is 1.91. The Bertz CT molecular complexity index is 440. The summed E-state index contributed by atoms with van der Waals surface area (Å²) in [5.74, 6) is 1.56. The summed E-state index contributed by atoms with van der Waals surface area (Å²) in [5.41, 5.74) is 7.24. The maximum Gasteiger partial charge on any atom is 0.0640 e. The molecule has 112 valence electrons. The van der Waals surface area contributed by atoms with Gasteiger partial charge in [0.25, 0.3) is 0 Å². The highest BCUT2D eigenvalue weighted by Crippen LogP contribution is 2.30. The van der Waals surface area contributed by atoms with Gasteiger partial charge in [0.1, 0.15) is 0 Å². The maximum absolute atomic E-state index is 6.28. The molecule has 2 nitrogen and oxygen atoms in total. The standard InChI is InChI=1S/C16H24Cl2N2/c1-11-8-12(2)10-20(9-11)7-6-15(19)13-4-3-5-14(17)16(13)18/h3-5,11-12,15H,6-10,19H2,1-2H3. The number of nitrogens with zero attached hydrogens (tertiary/aromatic N) is 1. The van der Waals surface area contributed by atoms with Crippen LogP contribution in [0.3, 0.4) is 0 Å². The Morgan fingerprint density at radius 3 is 2.55 bits per heavy atom. The second-order valence-electron chi connectivity index (χ2n) is 6.24. The zero-order valence-corrected chi connectivity index (χ0v) is 13.8. The predicted octanol–water partition coefficient (Wildman–Crippen LogP) is 4.36. The fourth-order valence-corrected chi connectivity index (χ4v) is 3.71. The molecule has 1 aliphatic rings. The molecule has 0 amide bonds. The lowest BCUT2D eigenvalue weighted by Gasteiger charge is -2.35. The van der Waals surface area contributed by atoms with Crippen molar-refractivity contribution in [1.29, 1.82) is 0 Å². The topological polar surface area (TPSA) is 29.3 Å². The number of hydrogen-bond acceptors (Lipinski definition) is 2. The molecular formula is C16H24Cl2N2. The van der Waals surface area contributed by atoms with Crippen molar-refractivity contribution in [1.82, 2.24) is 4.90 Å². The van der Waals surface area contributed by atoms with E-state index in [0.717, 1.165) is 30.4 Å². The number of hydrogen-bond donors (Lipinski definition) is 1. The van der Waals surface area contributed by atoms with Crippen molar-refractivity contribution < 1.29 is 0 Å². The van der Waals surface area contributed by atoms with Crippen molar-refractivity contribution in [3.05, 3.63) is 33.8 Å². The van der Waals surface area contributed by atoms with Crippen molar-refractivity contribution in [3.8, 4) is 0 Å². The van der Waals surface area contributed by atoms with Gasteiger partial charge in [-0.1, -0.05) is 49.2 Å². The molecule has 1 heterocycles. The molecule has 0 spiro atoms. The Morgan fingerprint density at radius 1 is 1.25 bits per heavy atom. The highest BCUT2D eigenvalue weighted by molar-refractivity contribution is 6.42. The van der Waals surface area contributed by atoms with Crippen molar-refractivity contribution >= 4 is 23.2 Å². The van der Waals surface area contributed by atoms with E-state index in [2.05, 4.69) is 18.7 Å². The van der Waals surface area contributed by atoms with Crippen molar-refractivity contribution in [2.45, 2.75) is 32.7 Å². The van der Waals surface area contributed by atoms with Crippen LogP contribution in [0.2, 0.25) is 10.0 Å². The van der Waals surface area contributed by atoms with E-state index < -0.39 is 0 Å². The molecule has 1 fully saturated rings. The molecule has 1 aliphatic heterocycles. The minimum atomic E-state index is -0.0475. The largest absolute Gasteiger partial charge is 0.324 e. The molecule has 4 heteroatoms. The zero-order valence-electron chi connectivity index (χ0n) is 12.3. The van der Waals surface area contributed by atoms with E-state index in [4.69, 9.17) is 28.9 Å². The van der Waals surface area contributed by atoms with Gasteiger partial charge in [0, 0.05) is 19.1 Å². The lowest BCUT2D eigenvalue weighted by molar-refractivity contribution is 0.137. The first-order valence-corrected chi connectivity index (χ1v) is 8.14. The van der Waals surface area contributed by atoms with Crippen LogP contribution < -0.4 is 5.73 Å². The van der Waals surface area contributed by atoms with Crippen LogP contribution in [0.15, 0.2) is 18.2 Å². The molecule has 0 bridgehead atoms. The number of benzene rings is 1. The van der Waals surface area contributed by atoms with Crippen LogP contribution in [-0.4, -0.2) is 24.5 Å². The first kappa shape index (κ1) is 16.1. The summed E-state index contributed by atoms with van der Waals surface area (Å²) < 4.78 is 0. The summed E-state index contributed by atoms with van der Waals surface area (Å²) in [6.45, 7) is 8.05. The quantitative estimate of drug-likeness (QED) is 0.894. The molecule has 3 atom stereocenters. The summed E-state index contributed by atoms with van der Waals surface area (Å²) in [5, 5.41) is 1.18. The van der Waals surface area contributed by atoms with Crippen LogP contribution in [0.1, 0.15) is 38.3 Å². The van der Waals surface area contributed by atoms with Gasteiger partial charge in [-0.25, -0.2) is 0 Å². The summed E-state index contributed by atoms with van der Waals surface area (Å²) in [4.78, 5) is 2.52. The third kappa shape index (κ3) is 4.11. The van der Waals surface area contributed by atoms with Crippen molar-refractivity contribution in [3.63, 3.8) is 0 Å². The highest BCUT2D eigenvalue weighted by Gasteiger charge is 2.22. The first-order chi connectivity index (χ1) is 9.47. The molecule has 0 aromatic heterocycles. The minimum absolute atomic E-state index is 0.0475. The van der Waals surface area contributed by atoms with Gasteiger partial charge in [0.15, 0.2) is 0 Å². The second kappa shape index (κ2) is 7.13. The third-order valence-electron chi connectivity index (χ3n) is 4.08. The highest BCUT2D eigenvalue weighted by atomic mass is 35.5. The molecule has 1 aromatic carbocycles. The van der Waals surface area contributed by atoms with Crippen LogP contribution in [0, 0.1) is 11.8 Å². The maximum atomic E-state index is 6.28. The van der Waals surface area contributed by atoms with E-state index in [-0.39, 0.29) is 6.04 Å². The zero-order chi connectivity index (χ0) is 14.7. The number of piperidine rings is 1. The van der Waals surface area contributed by atoms with Gasteiger partial charge in [-0.2, -0.15) is 0 Å². The molecule has 2 rings (SSSR count). The molecular weight excluding hydrogens is 291 g/mol. The first-order valence-electron chi connectivity index (χ1n) is 7.39. The van der Waals surface area contributed by atoms with Crippen LogP contribution in [-0.2, 0) is 0 Å². The molecule has 3 unspecified atom stereocenters. The molecule has 2 N–H and O–H groups in total. The molecule has 0 saturated carbocycles. The fourth-order valence-electron chi connectivity index (χ4n) is 3.26. The van der Waals surface area contributed by atoms with Crippen LogP contribution in [0.25, 0.3) is 0 Å². The molecule has 20 heavy (non-hydrogen) atoms. The third-order valence-corrected chi connectivity index (χ3v) is 4.92. The molecule has 1 aromatic rings. The summed E-state index contributed by atoms with van der Waals surface area (Å²) in [7, 11) is 0. The van der Waals surface area contributed by atoms with Gasteiger partial charge in [0.05, 0.1) is 10.0 Å². The Hall–Kier alpha value is -0.280. The summed E-state index contributed by atoms with van der Waals surface area (Å²) in [6, 6.07) is 5.64. The Morgan fingerprint density at radius 2 is 1.90 bits per heavy atom. The van der Waals surface area contributed by atoms with E-state index in [9.17, 15) is 0 Å². The second-order valence-corrected chi connectivity index (χ2v) is 7.03. The Labute approximate surface area is 132 Å². The number of likely N-dealkylation sites (tertiary alicyclic amines) is 1. The summed E-state index contributed by atoms with van der Waals surface area (Å²) >= 11 is 12.3. The van der Waals surface area contributed by atoms with Gasteiger partial charge in [0.2, 0.25) is 0 Å². The van der Waals surface area contributed by atoms with Crippen LogP contribution in [0.5, 0.6) is 0 Å².